The van der Waals surface area contributed by atoms with E-state index in [1.54, 1.807) is 4.57 Å². The summed E-state index contributed by atoms with van der Waals surface area (Å²) in [4.78, 5) is 32.5. The summed E-state index contributed by atoms with van der Waals surface area (Å²) in [5, 5.41) is 11.5. The van der Waals surface area contributed by atoms with E-state index < -0.39 is 0 Å². The number of carbonyl (C=O) groups excluding carboxylic acids is 1. The second-order valence-electron chi connectivity index (χ2n) is 7.72. The molecular weight excluding hydrogens is 446 g/mol. The highest BCUT2D eigenvalue weighted by molar-refractivity contribution is 7.99. The van der Waals surface area contributed by atoms with Crippen molar-refractivity contribution >= 4 is 45.2 Å². The lowest BCUT2D eigenvalue weighted by molar-refractivity contribution is -0.113. The van der Waals surface area contributed by atoms with Crippen molar-refractivity contribution in [3.63, 3.8) is 0 Å². The maximum atomic E-state index is 13.5. The Bertz CT molecular complexity index is 1370. The van der Waals surface area contributed by atoms with Crippen molar-refractivity contribution in [2.24, 2.45) is 0 Å². The highest BCUT2D eigenvalue weighted by Crippen LogP contribution is 2.30. The van der Waals surface area contributed by atoms with Crippen LogP contribution in [-0.2, 0) is 4.79 Å². The standard InChI is InChI=1S/C22H23N5O3S2/c1-11(2)18-25-26-21(30-18)23-16(28)10-31-22-24-19-17(13(4)14(5)32-19)20(29)27(22)15-9-7-6-8-12(15)3/h6-9,11H,10H2,1-5H3,(H,23,26,28). The molecule has 0 atom stereocenters. The van der Waals surface area contributed by atoms with Gasteiger partial charge in [-0.25, -0.2) is 4.98 Å². The van der Waals surface area contributed by atoms with Gasteiger partial charge in [0.1, 0.15) is 4.83 Å². The largest absolute Gasteiger partial charge is 0.408 e. The second-order valence-corrected chi connectivity index (χ2v) is 9.87. The SMILES string of the molecule is Cc1ccccc1-n1c(SCC(=O)Nc2nnc(C(C)C)o2)nc2sc(C)c(C)c2c1=O. The first-order chi connectivity index (χ1) is 15.3. The number of aromatic nitrogens is 4. The van der Waals surface area contributed by atoms with E-state index in [9.17, 15) is 9.59 Å². The van der Waals surface area contributed by atoms with Crippen LogP contribution < -0.4 is 10.9 Å². The average molecular weight is 470 g/mol. The van der Waals surface area contributed by atoms with Crippen LogP contribution >= 0.6 is 23.1 Å². The number of nitrogens with one attached hydrogen (secondary N) is 1. The van der Waals surface area contributed by atoms with Crippen molar-refractivity contribution in [1.29, 1.82) is 0 Å². The summed E-state index contributed by atoms with van der Waals surface area (Å²) in [7, 11) is 0. The zero-order valence-corrected chi connectivity index (χ0v) is 20.1. The average Bonchev–Trinajstić information content (AvgIpc) is 3.32. The monoisotopic (exact) mass is 469 g/mol. The van der Waals surface area contributed by atoms with Gasteiger partial charge in [-0.1, -0.05) is 48.9 Å². The van der Waals surface area contributed by atoms with Gasteiger partial charge in [-0.3, -0.25) is 19.5 Å². The van der Waals surface area contributed by atoms with Crippen LogP contribution in [0.5, 0.6) is 0 Å². The van der Waals surface area contributed by atoms with Crippen LogP contribution in [0.15, 0.2) is 38.6 Å². The van der Waals surface area contributed by atoms with E-state index in [2.05, 4.69) is 15.5 Å². The van der Waals surface area contributed by atoms with Crippen LogP contribution in [0.4, 0.5) is 6.01 Å². The summed E-state index contributed by atoms with van der Waals surface area (Å²) in [5.74, 6) is 0.238. The molecule has 1 aromatic carbocycles. The number of nitrogens with zero attached hydrogens (tertiary/aromatic N) is 4. The number of thioether (sulfide) groups is 1. The minimum Gasteiger partial charge on any atom is -0.408 e. The van der Waals surface area contributed by atoms with E-state index >= 15 is 0 Å². The van der Waals surface area contributed by atoms with Crippen LogP contribution in [0.1, 0.15) is 41.7 Å². The van der Waals surface area contributed by atoms with Crippen molar-refractivity contribution in [3.05, 3.63) is 56.5 Å². The molecule has 0 aliphatic heterocycles. The molecule has 0 unspecified atom stereocenters. The smallest absolute Gasteiger partial charge is 0.322 e. The Labute approximate surface area is 193 Å². The molecule has 0 fully saturated rings. The second kappa shape index (κ2) is 8.87. The summed E-state index contributed by atoms with van der Waals surface area (Å²) < 4.78 is 7.03. The molecule has 0 saturated heterocycles. The Morgan fingerprint density at radius 3 is 2.66 bits per heavy atom. The van der Waals surface area contributed by atoms with Gasteiger partial charge < -0.3 is 4.42 Å². The Morgan fingerprint density at radius 1 is 1.22 bits per heavy atom. The van der Waals surface area contributed by atoms with Crippen molar-refractivity contribution in [2.45, 2.75) is 45.7 Å². The number of carbonyl (C=O) groups is 1. The van der Waals surface area contributed by atoms with Crippen LogP contribution in [0.3, 0.4) is 0 Å². The van der Waals surface area contributed by atoms with Gasteiger partial charge in [0.2, 0.25) is 11.8 Å². The molecule has 0 bridgehead atoms. The third-order valence-corrected chi connectivity index (χ3v) is 7.08. The summed E-state index contributed by atoms with van der Waals surface area (Å²) in [6, 6.07) is 7.69. The van der Waals surface area contributed by atoms with Crippen molar-refractivity contribution in [1.82, 2.24) is 19.7 Å². The fourth-order valence-electron chi connectivity index (χ4n) is 3.20. The zero-order chi connectivity index (χ0) is 23.0. The summed E-state index contributed by atoms with van der Waals surface area (Å²) >= 11 is 2.68. The number of anilines is 1. The number of para-hydroxylation sites is 1. The number of hydrogen-bond donors (Lipinski definition) is 1. The van der Waals surface area contributed by atoms with Crippen LogP contribution in [-0.4, -0.2) is 31.4 Å². The summed E-state index contributed by atoms with van der Waals surface area (Å²) in [6.45, 7) is 9.72. The maximum absolute atomic E-state index is 13.5. The molecule has 0 aliphatic rings. The van der Waals surface area contributed by atoms with E-state index in [1.807, 2.05) is 58.9 Å². The number of aryl methyl sites for hydroxylation is 3. The highest BCUT2D eigenvalue weighted by atomic mass is 32.2. The highest BCUT2D eigenvalue weighted by Gasteiger charge is 2.20. The first-order valence-corrected chi connectivity index (χ1v) is 11.9. The summed E-state index contributed by atoms with van der Waals surface area (Å²) in [6.07, 6.45) is 0. The minimum atomic E-state index is -0.321. The molecule has 32 heavy (non-hydrogen) atoms. The van der Waals surface area contributed by atoms with E-state index in [0.717, 1.165) is 21.7 Å². The van der Waals surface area contributed by atoms with Crippen LogP contribution in [0.2, 0.25) is 0 Å². The van der Waals surface area contributed by atoms with Gasteiger partial charge >= 0.3 is 6.01 Å². The first-order valence-electron chi connectivity index (χ1n) is 10.1. The third kappa shape index (κ3) is 4.20. The Balaban J connectivity index is 1.68. The molecule has 8 nitrogen and oxygen atoms in total. The normalized spacial score (nSPS) is 11.4. The Hall–Kier alpha value is -2.98. The van der Waals surface area contributed by atoms with Gasteiger partial charge in [0.25, 0.3) is 5.56 Å². The summed E-state index contributed by atoms with van der Waals surface area (Å²) in [5.41, 5.74) is 2.50. The van der Waals surface area contributed by atoms with Gasteiger partial charge in [0, 0.05) is 10.8 Å². The molecule has 4 aromatic rings. The van der Waals surface area contributed by atoms with E-state index in [0.29, 0.717) is 21.3 Å². The van der Waals surface area contributed by atoms with Gasteiger partial charge in [0.15, 0.2) is 5.16 Å². The molecule has 0 aliphatic carbocycles. The number of hydrogen-bond acceptors (Lipinski definition) is 8. The predicted molar refractivity (Wildman–Crippen MR) is 127 cm³/mol. The topological polar surface area (TPSA) is 103 Å². The maximum Gasteiger partial charge on any atom is 0.322 e. The molecule has 4 rings (SSSR count). The molecule has 1 N–H and O–H groups in total. The Morgan fingerprint density at radius 2 is 1.97 bits per heavy atom. The quantitative estimate of drug-likeness (QED) is 0.325. The van der Waals surface area contributed by atoms with Crippen LogP contribution in [0, 0.1) is 20.8 Å². The van der Waals surface area contributed by atoms with Gasteiger partial charge in [-0.15, -0.1) is 16.4 Å². The molecule has 0 radical (unpaired) electrons. The fourth-order valence-corrected chi connectivity index (χ4v) is 5.08. The molecule has 0 saturated carbocycles. The third-order valence-electron chi connectivity index (χ3n) is 5.04. The molecule has 1 amide bonds. The van der Waals surface area contributed by atoms with E-state index in [1.165, 1.54) is 23.1 Å². The zero-order valence-electron chi connectivity index (χ0n) is 18.4. The Kier molecular flexibility index (Phi) is 6.16. The van der Waals surface area contributed by atoms with Gasteiger partial charge in [-0.05, 0) is 38.0 Å². The molecule has 3 heterocycles. The van der Waals surface area contributed by atoms with Crippen molar-refractivity contribution < 1.29 is 9.21 Å². The van der Waals surface area contributed by atoms with Crippen molar-refractivity contribution in [3.8, 4) is 5.69 Å². The van der Waals surface area contributed by atoms with E-state index in [4.69, 9.17) is 9.40 Å². The van der Waals surface area contributed by atoms with Gasteiger partial charge in [0.05, 0.1) is 16.8 Å². The van der Waals surface area contributed by atoms with Crippen LogP contribution in [0.25, 0.3) is 15.9 Å². The molecule has 3 aromatic heterocycles. The lowest BCUT2D eigenvalue weighted by Gasteiger charge is -2.14. The molecule has 10 heteroatoms. The lowest BCUT2D eigenvalue weighted by Crippen LogP contribution is -2.23. The molecule has 166 valence electrons. The number of fused-ring (bicyclic) bond motifs is 1. The number of rotatable bonds is 6. The number of amides is 1. The first kappa shape index (κ1) is 22.2. The van der Waals surface area contributed by atoms with Gasteiger partial charge in [-0.2, -0.15) is 0 Å². The number of thiophene rings is 1. The molecular formula is C22H23N5O3S2. The fraction of sp³-hybridized carbons (Fsp3) is 0.318. The lowest BCUT2D eigenvalue weighted by atomic mass is 10.2. The van der Waals surface area contributed by atoms with Crippen molar-refractivity contribution in [2.75, 3.05) is 11.1 Å². The van der Waals surface area contributed by atoms with E-state index in [-0.39, 0.29) is 29.2 Å². The predicted octanol–water partition coefficient (Wildman–Crippen LogP) is 4.61. The minimum absolute atomic E-state index is 0.0343. The molecule has 0 spiro atoms. The number of benzene rings is 1.